The average molecular weight is 196 g/mol. The van der Waals surface area contributed by atoms with Crippen molar-refractivity contribution < 1.29 is 0 Å². The summed E-state index contributed by atoms with van der Waals surface area (Å²) < 4.78 is 0. The molecule has 0 saturated heterocycles. The van der Waals surface area contributed by atoms with Gasteiger partial charge in [0.2, 0.25) is 0 Å². The molecule has 0 atom stereocenters. The molecule has 1 aromatic heterocycles. The highest BCUT2D eigenvalue weighted by atomic mass is 32.1. The van der Waals surface area contributed by atoms with Gasteiger partial charge in [-0.05, 0) is 39.1 Å². The minimum atomic E-state index is 0.0402. The first-order valence-corrected chi connectivity index (χ1v) is 5.22. The van der Waals surface area contributed by atoms with Gasteiger partial charge in [0.25, 0.3) is 0 Å². The third-order valence-electron chi connectivity index (χ3n) is 1.44. The molecule has 0 aliphatic heterocycles. The Labute approximate surface area is 83.7 Å². The lowest BCUT2D eigenvalue weighted by Crippen LogP contribution is -2.32. The summed E-state index contributed by atoms with van der Waals surface area (Å²) in [6.45, 7) is 8.30. The Morgan fingerprint density at radius 2 is 2.15 bits per heavy atom. The molecule has 72 valence electrons. The minimum absolute atomic E-state index is 0.0402. The molecule has 0 fully saturated rings. The van der Waals surface area contributed by atoms with Crippen LogP contribution in [0.1, 0.15) is 32.6 Å². The largest absolute Gasteiger partial charge is 0.305 e. The summed E-state index contributed by atoms with van der Waals surface area (Å²) in [5.41, 5.74) is 4.19. The van der Waals surface area contributed by atoms with Crippen LogP contribution in [0, 0.1) is 0 Å². The van der Waals surface area contributed by atoms with Crippen molar-refractivity contribution in [2.45, 2.75) is 33.2 Å². The molecule has 1 heterocycles. The fourth-order valence-electron chi connectivity index (χ4n) is 0.791. The lowest BCUT2D eigenvalue weighted by Gasteiger charge is -2.17. The monoisotopic (exact) mass is 196 g/mol. The first-order chi connectivity index (χ1) is 5.99. The van der Waals surface area contributed by atoms with Crippen molar-refractivity contribution in [2.75, 3.05) is 0 Å². The molecule has 0 bridgehead atoms. The van der Waals surface area contributed by atoms with Gasteiger partial charge in [-0.25, -0.2) is 0 Å². The van der Waals surface area contributed by atoms with Crippen LogP contribution < -0.4 is 5.43 Å². The predicted molar refractivity (Wildman–Crippen MR) is 59.4 cm³/mol. The van der Waals surface area contributed by atoms with Crippen LogP contribution in [0.3, 0.4) is 0 Å². The molecule has 0 spiro atoms. The van der Waals surface area contributed by atoms with Crippen molar-refractivity contribution in [3.63, 3.8) is 0 Å². The molecule has 0 aliphatic rings. The molecule has 13 heavy (non-hydrogen) atoms. The van der Waals surface area contributed by atoms with Crippen LogP contribution in [0.25, 0.3) is 0 Å². The first-order valence-electron chi connectivity index (χ1n) is 4.34. The molecule has 2 nitrogen and oxygen atoms in total. The summed E-state index contributed by atoms with van der Waals surface area (Å²) in [6, 6.07) is 4.12. The molecule has 3 heteroatoms. The summed E-state index contributed by atoms with van der Waals surface area (Å²) in [5.74, 6) is 0. The maximum atomic E-state index is 4.31. The SMILES string of the molecule is C/C(=N/NC(C)(C)C)c1cccs1. The van der Waals surface area contributed by atoms with Gasteiger partial charge in [0.1, 0.15) is 0 Å². The Bertz CT molecular complexity index is 280. The van der Waals surface area contributed by atoms with Crippen molar-refractivity contribution in [1.82, 2.24) is 5.43 Å². The fourth-order valence-corrected chi connectivity index (χ4v) is 1.47. The van der Waals surface area contributed by atoms with E-state index >= 15 is 0 Å². The van der Waals surface area contributed by atoms with E-state index < -0.39 is 0 Å². The minimum Gasteiger partial charge on any atom is -0.305 e. The summed E-state index contributed by atoms with van der Waals surface area (Å²) in [7, 11) is 0. The van der Waals surface area contributed by atoms with Crippen LogP contribution in [0.2, 0.25) is 0 Å². The van der Waals surface area contributed by atoms with Crippen LogP contribution in [-0.2, 0) is 0 Å². The van der Waals surface area contributed by atoms with Gasteiger partial charge in [-0.1, -0.05) is 6.07 Å². The van der Waals surface area contributed by atoms with E-state index in [0.717, 1.165) is 5.71 Å². The summed E-state index contributed by atoms with van der Waals surface area (Å²) >= 11 is 1.71. The van der Waals surface area contributed by atoms with Crippen molar-refractivity contribution in [2.24, 2.45) is 5.10 Å². The number of nitrogens with zero attached hydrogens (tertiary/aromatic N) is 1. The van der Waals surface area contributed by atoms with E-state index in [0.29, 0.717) is 0 Å². The van der Waals surface area contributed by atoms with Gasteiger partial charge in [0.05, 0.1) is 5.71 Å². The van der Waals surface area contributed by atoms with E-state index in [9.17, 15) is 0 Å². The van der Waals surface area contributed by atoms with Gasteiger partial charge >= 0.3 is 0 Å². The van der Waals surface area contributed by atoms with Crippen LogP contribution in [0.5, 0.6) is 0 Å². The highest BCUT2D eigenvalue weighted by Crippen LogP contribution is 2.09. The number of thiophene rings is 1. The second-order valence-corrected chi connectivity index (χ2v) is 4.98. The van der Waals surface area contributed by atoms with Gasteiger partial charge < -0.3 is 5.43 Å². The molecule has 0 unspecified atom stereocenters. The number of hydrogen-bond acceptors (Lipinski definition) is 3. The van der Waals surface area contributed by atoms with Crippen LogP contribution in [0.4, 0.5) is 0 Å². The molecule has 1 N–H and O–H groups in total. The van der Waals surface area contributed by atoms with Crippen LogP contribution in [-0.4, -0.2) is 11.3 Å². The molecular weight excluding hydrogens is 180 g/mol. The zero-order valence-corrected chi connectivity index (χ0v) is 9.40. The summed E-state index contributed by atoms with van der Waals surface area (Å²) in [4.78, 5) is 1.22. The maximum absolute atomic E-state index is 4.31. The topological polar surface area (TPSA) is 24.4 Å². The Kier molecular flexibility index (Phi) is 3.09. The smallest absolute Gasteiger partial charge is 0.0743 e. The first kappa shape index (κ1) is 10.3. The molecule has 1 aromatic rings. The highest BCUT2D eigenvalue weighted by Gasteiger charge is 2.07. The zero-order valence-electron chi connectivity index (χ0n) is 8.59. The Hall–Kier alpha value is -0.830. The maximum Gasteiger partial charge on any atom is 0.0743 e. The van der Waals surface area contributed by atoms with E-state index in [-0.39, 0.29) is 5.54 Å². The van der Waals surface area contributed by atoms with Gasteiger partial charge in [-0.15, -0.1) is 11.3 Å². The fraction of sp³-hybridized carbons (Fsp3) is 0.500. The molecule has 0 aromatic carbocycles. The third-order valence-corrected chi connectivity index (χ3v) is 2.42. The molecular formula is C10H16N2S. The van der Waals surface area contributed by atoms with E-state index in [4.69, 9.17) is 0 Å². The lowest BCUT2D eigenvalue weighted by atomic mass is 10.1. The second kappa shape index (κ2) is 3.92. The Morgan fingerprint density at radius 3 is 2.62 bits per heavy atom. The molecule has 1 rings (SSSR count). The lowest BCUT2D eigenvalue weighted by molar-refractivity contribution is 0.441. The van der Waals surface area contributed by atoms with E-state index in [1.54, 1.807) is 11.3 Å². The summed E-state index contributed by atoms with van der Waals surface area (Å²) in [6.07, 6.45) is 0. The zero-order chi connectivity index (χ0) is 9.90. The molecule has 0 saturated carbocycles. The van der Waals surface area contributed by atoms with Gasteiger partial charge in [0.15, 0.2) is 0 Å². The normalized spacial score (nSPS) is 13.1. The van der Waals surface area contributed by atoms with Gasteiger partial charge in [0, 0.05) is 10.4 Å². The quantitative estimate of drug-likeness (QED) is 0.571. The van der Waals surface area contributed by atoms with E-state index in [1.807, 2.05) is 13.0 Å². The average Bonchev–Trinajstić information content (AvgIpc) is 2.50. The van der Waals surface area contributed by atoms with Crippen LogP contribution in [0.15, 0.2) is 22.6 Å². The van der Waals surface area contributed by atoms with Gasteiger partial charge in [-0.2, -0.15) is 5.10 Å². The molecule has 0 radical (unpaired) electrons. The Morgan fingerprint density at radius 1 is 1.46 bits per heavy atom. The number of hydrazone groups is 1. The van der Waals surface area contributed by atoms with Crippen molar-refractivity contribution in [3.05, 3.63) is 22.4 Å². The third kappa shape index (κ3) is 3.59. The summed E-state index contributed by atoms with van der Waals surface area (Å²) in [5, 5.41) is 6.38. The number of hydrogen-bond donors (Lipinski definition) is 1. The standard InChI is InChI=1S/C10H16N2S/c1-8(9-6-5-7-13-9)11-12-10(2,3)4/h5-7,12H,1-4H3/b11-8-. The predicted octanol–water partition coefficient (Wildman–Crippen LogP) is 2.86. The van der Waals surface area contributed by atoms with Gasteiger partial charge in [-0.3, -0.25) is 0 Å². The highest BCUT2D eigenvalue weighted by molar-refractivity contribution is 7.12. The van der Waals surface area contributed by atoms with Crippen molar-refractivity contribution >= 4 is 17.0 Å². The van der Waals surface area contributed by atoms with E-state index in [1.165, 1.54) is 4.88 Å². The Balaban J connectivity index is 2.63. The second-order valence-electron chi connectivity index (χ2n) is 4.04. The van der Waals surface area contributed by atoms with E-state index in [2.05, 4.69) is 42.7 Å². The van der Waals surface area contributed by atoms with Crippen molar-refractivity contribution in [3.8, 4) is 0 Å². The number of nitrogens with one attached hydrogen (secondary N) is 1. The molecule has 0 amide bonds. The van der Waals surface area contributed by atoms with Crippen LogP contribution >= 0.6 is 11.3 Å². The number of rotatable bonds is 2. The molecule has 0 aliphatic carbocycles. The van der Waals surface area contributed by atoms with Crippen molar-refractivity contribution in [1.29, 1.82) is 0 Å².